The smallest absolute Gasteiger partial charge is 0.338 e. The Morgan fingerprint density at radius 1 is 0.978 bits per heavy atom. The van der Waals surface area contributed by atoms with Gasteiger partial charge in [0.2, 0.25) is 0 Å². The first-order valence-electron chi connectivity index (χ1n) is 13.9. The van der Waals surface area contributed by atoms with E-state index in [9.17, 15) is 24.6 Å². The zero-order chi connectivity index (χ0) is 32.2. The van der Waals surface area contributed by atoms with Crippen molar-refractivity contribution in [2.75, 3.05) is 20.8 Å². The summed E-state index contributed by atoms with van der Waals surface area (Å²) < 4.78 is 17.5. The lowest BCUT2D eigenvalue weighted by Gasteiger charge is -2.28. The van der Waals surface area contributed by atoms with Gasteiger partial charge < -0.3 is 35.5 Å². The molecular weight excluding hydrogens is 598 g/mol. The van der Waals surface area contributed by atoms with Crippen molar-refractivity contribution in [2.24, 2.45) is 5.73 Å². The van der Waals surface area contributed by atoms with Gasteiger partial charge in [0.05, 0.1) is 42.4 Å². The number of nitrogens with one attached hydrogen (secondary N) is 1. The van der Waals surface area contributed by atoms with E-state index in [0.717, 1.165) is 21.5 Å². The molecule has 1 aliphatic rings. The van der Waals surface area contributed by atoms with E-state index < -0.39 is 23.4 Å². The third-order valence-electron chi connectivity index (χ3n) is 7.22. The summed E-state index contributed by atoms with van der Waals surface area (Å²) in [6.07, 6.45) is 1.58. The minimum atomic E-state index is -1.09. The fourth-order valence-electron chi connectivity index (χ4n) is 5.09. The zero-order valence-corrected chi connectivity index (χ0v) is 25.5. The number of carbonyl (C=O) groups is 2. The standard InChI is InChI=1S/C33H31N3O8S/c1-4-44-33(41)27-26(20-11-13-22(38)24(16-20)43-3)28(30(39)35-17-18-8-6-5-7-9-18)32-36(29(27)34)31(40)25(45-32)15-19-10-12-21(37)23(14-19)42-2/h5-16,26,37-38H,4,17,34H2,1-3H3,(H,35,39)/b25-15-. The first-order valence-corrected chi connectivity index (χ1v) is 14.7. The second kappa shape index (κ2) is 13.0. The Morgan fingerprint density at radius 3 is 2.31 bits per heavy atom. The summed E-state index contributed by atoms with van der Waals surface area (Å²) in [5.41, 5.74) is 7.81. The molecule has 2 heterocycles. The number of aromatic hydroxyl groups is 2. The van der Waals surface area contributed by atoms with Crippen molar-refractivity contribution >= 4 is 40.7 Å². The van der Waals surface area contributed by atoms with Crippen LogP contribution in [0.3, 0.4) is 0 Å². The fraction of sp³-hybridized carbons (Fsp3) is 0.182. The van der Waals surface area contributed by atoms with E-state index in [-0.39, 0.29) is 62.3 Å². The number of hydrogen-bond donors (Lipinski definition) is 4. The maximum Gasteiger partial charge on any atom is 0.338 e. The number of nitrogens with zero attached hydrogens (tertiary/aromatic N) is 1. The van der Waals surface area contributed by atoms with E-state index in [1.165, 1.54) is 32.4 Å². The summed E-state index contributed by atoms with van der Waals surface area (Å²) >= 11 is 1.02. The second-order valence-corrected chi connectivity index (χ2v) is 11.0. The van der Waals surface area contributed by atoms with Crippen molar-refractivity contribution in [3.63, 3.8) is 0 Å². The minimum absolute atomic E-state index is 0.0177. The number of nitrogens with two attached hydrogens (primary N) is 1. The molecule has 45 heavy (non-hydrogen) atoms. The number of hydrogen-bond acceptors (Lipinski definition) is 10. The van der Waals surface area contributed by atoms with Crippen LogP contribution < -0.4 is 35.3 Å². The Hall–Kier alpha value is -5.49. The second-order valence-electron chi connectivity index (χ2n) is 9.95. The SMILES string of the molecule is CCOC(=O)C1=C(N)n2c(s/c(=C\c3ccc(O)c(OC)c3)c2=O)=C(C(=O)NCc2ccccc2)C1c1ccc(O)c(OC)c1. The molecule has 0 saturated carbocycles. The van der Waals surface area contributed by atoms with Crippen LogP contribution in [0.4, 0.5) is 0 Å². The Labute approximate surface area is 261 Å². The molecule has 1 amide bonds. The largest absolute Gasteiger partial charge is 0.504 e. The fourth-order valence-corrected chi connectivity index (χ4v) is 6.27. The Balaban J connectivity index is 1.81. The van der Waals surface area contributed by atoms with Crippen molar-refractivity contribution in [3.05, 3.63) is 109 Å². The monoisotopic (exact) mass is 629 g/mol. The van der Waals surface area contributed by atoms with Gasteiger partial charge >= 0.3 is 5.97 Å². The van der Waals surface area contributed by atoms with Gasteiger partial charge in [-0.25, -0.2) is 4.79 Å². The van der Waals surface area contributed by atoms with Gasteiger partial charge in [-0.2, -0.15) is 0 Å². The van der Waals surface area contributed by atoms with Gasteiger partial charge in [-0.15, -0.1) is 11.3 Å². The molecule has 0 radical (unpaired) electrons. The third kappa shape index (κ3) is 6.00. The predicted octanol–water partition coefficient (Wildman–Crippen LogP) is 2.12. The quantitative estimate of drug-likeness (QED) is 0.203. The van der Waals surface area contributed by atoms with Crippen LogP contribution >= 0.6 is 11.3 Å². The highest BCUT2D eigenvalue weighted by Gasteiger charge is 2.39. The van der Waals surface area contributed by atoms with E-state index in [1.807, 2.05) is 30.3 Å². The van der Waals surface area contributed by atoms with Crippen LogP contribution in [0.1, 0.15) is 29.5 Å². The normalized spacial score (nSPS) is 14.6. The number of ether oxygens (including phenoxy) is 3. The number of benzene rings is 3. The lowest BCUT2D eigenvalue weighted by molar-refractivity contribution is -0.138. The third-order valence-corrected chi connectivity index (χ3v) is 8.33. The van der Waals surface area contributed by atoms with E-state index >= 15 is 0 Å². The molecule has 0 aliphatic carbocycles. The first-order chi connectivity index (χ1) is 21.7. The predicted molar refractivity (Wildman–Crippen MR) is 169 cm³/mol. The van der Waals surface area contributed by atoms with Crippen LogP contribution in [0.2, 0.25) is 0 Å². The van der Waals surface area contributed by atoms with Crippen LogP contribution in [0.25, 0.3) is 17.5 Å². The van der Waals surface area contributed by atoms with Crippen LogP contribution in [-0.4, -0.2) is 47.5 Å². The highest BCUT2D eigenvalue weighted by molar-refractivity contribution is 7.07. The van der Waals surface area contributed by atoms with Crippen LogP contribution in [0.5, 0.6) is 23.0 Å². The summed E-state index contributed by atoms with van der Waals surface area (Å²) in [4.78, 5) is 41.6. The molecule has 0 bridgehead atoms. The number of esters is 1. The number of amides is 1. The van der Waals surface area contributed by atoms with E-state index in [2.05, 4.69) is 5.32 Å². The molecule has 5 rings (SSSR count). The van der Waals surface area contributed by atoms with Crippen molar-refractivity contribution in [3.8, 4) is 23.0 Å². The molecule has 1 unspecified atom stereocenters. The first kappa shape index (κ1) is 31.0. The molecule has 0 fully saturated rings. The number of methoxy groups -OCH3 is 2. The van der Waals surface area contributed by atoms with E-state index in [4.69, 9.17) is 19.9 Å². The molecule has 0 spiro atoms. The summed E-state index contributed by atoms with van der Waals surface area (Å²) in [7, 11) is 2.79. The highest BCUT2D eigenvalue weighted by Crippen LogP contribution is 2.40. The van der Waals surface area contributed by atoms with Crippen molar-refractivity contribution in [2.45, 2.75) is 19.4 Å². The van der Waals surface area contributed by atoms with E-state index in [1.54, 1.807) is 31.2 Å². The summed E-state index contributed by atoms with van der Waals surface area (Å²) in [6.45, 7) is 1.82. The molecule has 4 aromatic rings. The maximum absolute atomic E-state index is 14.2. The molecule has 3 aromatic carbocycles. The molecule has 0 saturated heterocycles. The number of rotatable bonds is 9. The minimum Gasteiger partial charge on any atom is -0.504 e. The molecule has 1 atom stereocenters. The van der Waals surface area contributed by atoms with Crippen molar-refractivity contribution in [1.82, 2.24) is 9.88 Å². The molecule has 232 valence electrons. The number of aromatic nitrogens is 1. The molecular formula is C33H31N3O8S. The zero-order valence-electron chi connectivity index (χ0n) is 24.7. The van der Waals surface area contributed by atoms with E-state index in [0.29, 0.717) is 11.1 Å². The van der Waals surface area contributed by atoms with Gasteiger partial charge in [0.15, 0.2) is 23.0 Å². The van der Waals surface area contributed by atoms with Crippen LogP contribution in [0, 0.1) is 0 Å². The topological polar surface area (TPSA) is 162 Å². The average Bonchev–Trinajstić information content (AvgIpc) is 3.36. The lowest BCUT2D eigenvalue weighted by Crippen LogP contribution is -2.43. The summed E-state index contributed by atoms with van der Waals surface area (Å²) in [6, 6.07) is 18.3. The number of thiazole rings is 1. The Kier molecular flexibility index (Phi) is 8.96. The average molecular weight is 630 g/mol. The van der Waals surface area contributed by atoms with Crippen LogP contribution in [0.15, 0.2) is 77.1 Å². The van der Waals surface area contributed by atoms with Gasteiger partial charge in [0.1, 0.15) is 10.5 Å². The van der Waals surface area contributed by atoms with Gasteiger partial charge in [-0.3, -0.25) is 14.2 Å². The van der Waals surface area contributed by atoms with Gasteiger partial charge in [-0.05, 0) is 54.0 Å². The summed E-state index contributed by atoms with van der Waals surface area (Å²) in [5.74, 6) is -2.52. The lowest BCUT2D eigenvalue weighted by atomic mass is 9.82. The Bertz CT molecular complexity index is 2000. The van der Waals surface area contributed by atoms with Crippen LogP contribution in [-0.2, 0) is 20.9 Å². The highest BCUT2D eigenvalue weighted by atomic mass is 32.1. The maximum atomic E-state index is 14.2. The van der Waals surface area contributed by atoms with Crippen molar-refractivity contribution < 1.29 is 34.0 Å². The molecule has 11 nitrogen and oxygen atoms in total. The Morgan fingerprint density at radius 2 is 1.64 bits per heavy atom. The van der Waals surface area contributed by atoms with Crippen molar-refractivity contribution in [1.29, 1.82) is 0 Å². The molecule has 1 aromatic heterocycles. The number of phenolic OH excluding ortho intramolecular Hbond substituents is 2. The molecule has 5 N–H and O–H groups in total. The number of fused-ring (bicyclic) bond motifs is 1. The summed E-state index contributed by atoms with van der Waals surface area (Å²) in [5, 5.41) is 23.3. The van der Waals surface area contributed by atoms with Gasteiger partial charge in [0.25, 0.3) is 11.5 Å². The van der Waals surface area contributed by atoms with Gasteiger partial charge in [0, 0.05) is 6.54 Å². The van der Waals surface area contributed by atoms with Gasteiger partial charge in [-0.1, -0.05) is 42.5 Å². The number of phenols is 2. The molecule has 12 heteroatoms. The molecule has 1 aliphatic heterocycles. The number of carbonyl (C=O) groups excluding carboxylic acids is 2.